The van der Waals surface area contributed by atoms with Gasteiger partial charge in [-0.05, 0) is 83.6 Å². The van der Waals surface area contributed by atoms with Crippen LogP contribution in [0.15, 0.2) is 42.6 Å². The van der Waals surface area contributed by atoms with Gasteiger partial charge in [-0.2, -0.15) is 0 Å². The zero-order valence-corrected chi connectivity index (χ0v) is 21.7. The van der Waals surface area contributed by atoms with Gasteiger partial charge in [0, 0.05) is 12.7 Å². The number of fused-ring (bicyclic) bond motifs is 4. The highest BCUT2D eigenvalue weighted by Crippen LogP contribution is 2.55. The molecule has 3 nitrogen and oxygen atoms in total. The summed E-state index contributed by atoms with van der Waals surface area (Å²) in [4.78, 5) is 8.36. The van der Waals surface area contributed by atoms with E-state index in [0.29, 0.717) is 5.92 Å². The third kappa shape index (κ3) is 4.03. The average Bonchev–Trinajstić information content (AvgIpc) is 3.42. The van der Waals surface area contributed by atoms with Gasteiger partial charge < -0.3 is 5.11 Å². The van der Waals surface area contributed by atoms with E-state index in [9.17, 15) is 5.11 Å². The fourth-order valence-electron chi connectivity index (χ4n) is 5.85. The number of aliphatic hydroxyl groups is 1. The maximum Gasteiger partial charge on any atom is 0.114 e. The molecule has 1 N–H and O–H groups in total. The molecular formula is C28H34N2OSSi. The van der Waals surface area contributed by atoms with Gasteiger partial charge in [0.2, 0.25) is 0 Å². The van der Waals surface area contributed by atoms with Crippen molar-refractivity contribution < 1.29 is 5.11 Å². The third-order valence-corrected chi connectivity index (χ3v) is 12.3. The lowest BCUT2D eigenvalue weighted by molar-refractivity contribution is 0.0590. The summed E-state index contributed by atoms with van der Waals surface area (Å²) >= 11 is 1.75. The van der Waals surface area contributed by atoms with E-state index < -0.39 is 8.07 Å². The van der Waals surface area contributed by atoms with Crippen LogP contribution < -0.4 is 4.63 Å². The first kappa shape index (κ1) is 21.7. The molecule has 2 aliphatic carbocycles. The molecule has 33 heavy (non-hydrogen) atoms. The topological polar surface area (TPSA) is 36.4 Å². The highest BCUT2D eigenvalue weighted by molar-refractivity contribution is 7.25. The van der Waals surface area contributed by atoms with Crippen LogP contribution in [0.4, 0.5) is 0 Å². The molecule has 1 saturated carbocycles. The number of hydrogen-bond acceptors (Lipinski definition) is 4. The molecule has 5 heteroatoms. The molecule has 0 spiro atoms. The summed E-state index contributed by atoms with van der Waals surface area (Å²) in [6.45, 7) is 10.1. The fraction of sp³-hybridized carbons (Fsp3) is 0.464. The van der Waals surface area contributed by atoms with E-state index in [0.717, 1.165) is 49.2 Å². The van der Waals surface area contributed by atoms with Crippen LogP contribution >= 0.6 is 11.3 Å². The summed E-state index contributed by atoms with van der Waals surface area (Å²) in [5.74, 6) is 1.84. The van der Waals surface area contributed by atoms with Gasteiger partial charge in [-0.25, -0.2) is 0 Å². The molecule has 1 saturated heterocycles. The Morgan fingerprint density at radius 1 is 1.18 bits per heavy atom. The number of thiazole rings is 1. The molecule has 2 aromatic carbocycles. The number of aliphatic hydroxyl groups excluding tert-OH is 1. The summed E-state index contributed by atoms with van der Waals surface area (Å²) in [6, 6.07) is 11.3. The summed E-state index contributed by atoms with van der Waals surface area (Å²) < 4.78 is 1.25. The van der Waals surface area contributed by atoms with Crippen LogP contribution in [0.2, 0.25) is 19.6 Å². The Morgan fingerprint density at radius 3 is 2.73 bits per heavy atom. The van der Waals surface area contributed by atoms with E-state index >= 15 is 0 Å². The van der Waals surface area contributed by atoms with Crippen molar-refractivity contribution in [2.45, 2.75) is 57.5 Å². The number of aromatic nitrogens is 1. The van der Waals surface area contributed by atoms with Crippen LogP contribution in [0.5, 0.6) is 0 Å². The minimum absolute atomic E-state index is 0.341. The Morgan fingerprint density at radius 2 is 1.97 bits per heavy atom. The standard InChI is InChI=1S/C28H34N2OSSi/c1-33(2,3)28-29-16-25(32-28)27(31)18-10-12-30(13-11-18)17-24-22-7-5-4-6-19(22)14-21-9-8-20-15-23(20)26(21)24/h4-9,14,16,18,20,23,27,31H,10-13,15,17H2,1-3H3. The normalized spacial score (nSPS) is 24.0. The minimum atomic E-state index is -1.42. The van der Waals surface area contributed by atoms with Gasteiger partial charge in [-0.1, -0.05) is 56.1 Å². The van der Waals surface area contributed by atoms with E-state index in [1.165, 1.54) is 27.4 Å². The number of benzene rings is 2. The van der Waals surface area contributed by atoms with E-state index in [4.69, 9.17) is 0 Å². The number of hydrogen-bond donors (Lipinski definition) is 1. The molecule has 0 bridgehead atoms. The van der Waals surface area contributed by atoms with Crippen molar-refractivity contribution in [2.75, 3.05) is 13.1 Å². The van der Waals surface area contributed by atoms with Crippen molar-refractivity contribution in [3.8, 4) is 0 Å². The highest BCUT2D eigenvalue weighted by atomic mass is 32.1. The molecule has 6 rings (SSSR count). The Labute approximate surface area is 202 Å². The summed E-state index contributed by atoms with van der Waals surface area (Å²) in [6.07, 6.45) is 9.80. The van der Waals surface area contributed by atoms with Crippen LogP contribution in [0.1, 0.15) is 52.9 Å². The molecule has 3 aromatic rings. The lowest BCUT2D eigenvalue weighted by Crippen LogP contribution is -2.37. The monoisotopic (exact) mass is 474 g/mol. The number of nitrogens with zero attached hydrogens (tertiary/aromatic N) is 2. The average molecular weight is 475 g/mol. The van der Waals surface area contributed by atoms with Crippen LogP contribution in [0, 0.1) is 11.8 Å². The second kappa shape index (κ2) is 8.16. The number of piperidine rings is 1. The quantitative estimate of drug-likeness (QED) is 0.467. The molecule has 2 fully saturated rings. The molecular weight excluding hydrogens is 440 g/mol. The van der Waals surface area contributed by atoms with Gasteiger partial charge >= 0.3 is 0 Å². The van der Waals surface area contributed by atoms with Gasteiger partial charge in [-0.15, -0.1) is 11.3 Å². The van der Waals surface area contributed by atoms with Crippen molar-refractivity contribution in [1.82, 2.24) is 9.88 Å². The van der Waals surface area contributed by atoms with Gasteiger partial charge in [0.1, 0.15) is 8.07 Å². The molecule has 172 valence electrons. The Hall–Kier alpha value is -1.79. The summed E-state index contributed by atoms with van der Waals surface area (Å²) in [7, 11) is -1.42. The molecule has 0 radical (unpaired) electrons. The Kier molecular flexibility index (Phi) is 5.37. The zero-order chi connectivity index (χ0) is 22.7. The number of rotatable bonds is 5. The SMILES string of the molecule is C[Si](C)(C)c1ncc(C(O)C2CCN(Cc3c4c(cc5ccccc35)C=CC3CC43)CC2)s1. The van der Waals surface area contributed by atoms with E-state index in [1.807, 2.05) is 6.20 Å². The second-order valence-corrected chi connectivity index (χ2v) is 17.7. The van der Waals surface area contributed by atoms with Crippen LogP contribution in [0.3, 0.4) is 0 Å². The second-order valence-electron chi connectivity index (χ2n) is 11.3. The molecule has 2 heterocycles. The maximum absolute atomic E-state index is 11.1. The van der Waals surface area contributed by atoms with Gasteiger partial charge in [0.05, 0.1) is 15.6 Å². The summed E-state index contributed by atoms with van der Waals surface area (Å²) in [5.41, 5.74) is 4.62. The molecule has 1 aliphatic heterocycles. The lowest BCUT2D eigenvalue weighted by Gasteiger charge is -2.35. The summed E-state index contributed by atoms with van der Waals surface area (Å²) in [5, 5.41) is 13.9. The van der Waals surface area contributed by atoms with Crippen molar-refractivity contribution in [3.05, 3.63) is 64.2 Å². The first-order valence-electron chi connectivity index (χ1n) is 12.5. The predicted molar refractivity (Wildman–Crippen MR) is 142 cm³/mol. The number of allylic oxidation sites excluding steroid dienone is 1. The largest absolute Gasteiger partial charge is 0.387 e. The Bertz CT molecular complexity index is 1220. The molecule has 3 aliphatic rings. The molecule has 1 aromatic heterocycles. The highest BCUT2D eigenvalue weighted by Gasteiger charge is 2.41. The maximum atomic E-state index is 11.1. The van der Waals surface area contributed by atoms with E-state index in [2.05, 4.69) is 72.0 Å². The van der Waals surface area contributed by atoms with Crippen molar-refractivity contribution in [1.29, 1.82) is 0 Å². The molecule has 3 atom stereocenters. The van der Waals surface area contributed by atoms with Crippen LogP contribution in [0.25, 0.3) is 16.8 Å². The number of likely N-dealkylation sites (tertiary alicyclic amines) is 1. The van der Waals surface area contributed by atoms with Gasteiger partial charge in [0.25, 0.3) is 0 Å². The smallest absolute Gasteiger partial charge is 0.114 e. The third-order valence-electron chi connectivity index (χ3n) is 7.88. The molecule has 3 unspecified atom stereocenters. The minimum Gasteiger partial charge on any atom is -0.387 e. The first-order chi connectivity index (χ1) is 15.9. The molecule has 0 amide bonds. The van der Waals surface area contributed by atoms with Crippen molar-refractivity contribution in [2.24, 2.45) is 11.8 Å². The van der Waals surface area contributed by atoms with Crippen LogP contribution in [-0.2, 0) is 6.54 Å². The van der Waals surface area contributed by atoms with Gasteiger partial charge in [-0.3, -0.25) is 9.88 Å². The van der Waals surface area contributed by atoms with Crippen LogP contribution in [-0.4, -0.2) is 36.2 Å². The van der Waals surface area contributed by atoms with E-state index in [-0.39, 0.29) is 6.10 Å². The first-order valence-corrected chi connectivity index (χ1v) is 16.8. The fourth-order valence-corrected chi connectivity index (χ4v) is 8.63. The predicted octanol–water partition coefficient (Wildman–Crippen LogP) is 5.92. The van der Waals surface area contributed by atoms with Crippen molar-refractivity contribution >= 4 is 40.9 Å². The zero-order valence-electron chi connectivity index (χ0n) is 19.9. The Balaban J connectivity index is 1.19. The lowest BCUT2D eigenvalue weighted by atomic mass is 9.86. The van der Waals surface area contributed by atoms with E-state index in [1.54, 1.807) is 22.5 Å². The van der Waals surface area contributed by atoms with Gasteiger partial charge in [0.15, 0.2) is 0 Å². The van der Waals surface area contributed by atoms with Crippen molar-refractivity contribution in [3.63, 3.8) is 0 Å².